The van der Waals surface area contributed by atoms with E-state index in [0.29, 0.717) is 11.7 Å². The highest BCUT2D eigenvalue weighted by Gasteiger charge is 2.19. The maximum Gasteiger partial charge on any atom is 0.0488 e. The van der Waals surface area contributed by atoms with E-state index in [1.807, 2.05) is 0 Å². The molecule has 0 aromatic heterocycles. The first-order valence-electron chi connectivity index (χ1n) is 5.77. The van der Waals surface area contributed by atoms with E-state index >= 15 is 0 Å². The summed E-state index contributed by atoms with van der Waals surface area (Å²) in [5.41, 5.74) is 3.75. The zero-order valence-corrected chi connectivity index (χ0v) is 10.8. The Morgan fingerprint density at radius 2 is 2.12 bits per heavy atom. The minimum atomic E-state index is -0.708. The van der Waals surface area contributed by atoms with Crippen molar-refractivity contribution < 1.29 is 4.21 Å². The van der Waals surface area contributed by atoms with Crippen LogP contribution >= 0.6 is 0 Å². The van der Waals surface area contributed by atoms with Crippen molar-refractivity contribution in [2.24, 2.45) is 5.92 Å². The number of hydrogen-bond acceptors (Lipinski definition) is 2. The largest absolute Gasteiger partial charge is 0.316 e. The molecule has 0 bridgehead atoms. The van der Waals surface area contributed by atoms with E-state index in [1.54, 1.807) is 0 Å². The van der Waals surface area contributed by atoms with Crippen molar-refractivity contribution in [1.29, 1.82) is 0 Å². The van der Waals surface area contributed by atoms with E-state index in [1.165, 1.54) is 16.7 Å². The maximum absolute atomic E-state index is 12.0. The fourth-order valence-electron chi connectivity index (χ4n) is 1.92. The Morgan fingerprint density at radius 1 is 1.38 bits per heavy atom. The monoisotopic (exact) mass is 237 g/mol. The summed E-state index contributed by atoms with van der Waals surface area (Å²) in [5.74, 6) is 2.19. The summed E-state index contributed by atoms with van der Waals surface area (Å²) in [6, 6.07) is 6.39. The molecule has 1 unspecified atom stereocenters. The number of hydrogen-bond donors (Lipinski definition) is 1. The molecular formula is C13H19NOS. The zero-order valence-electron chi connectivity index (χ0n) is 9.95. The molecule has 1 N–H and O–H groups in total. The lowest BCUT2D eigenvalue weighted by atomic mass is 10.1. The van der Waals surface area contributed by atoms with Crippen molar-refractivity contribution in [3.05, 3.63) is 34.9 Å². The van der Waals surface area contributed by atoms with E-state index < -0.39 is 10.8 Å². The fourth-order valence-corrected chi connectivity index (χ4v) is 3.45. The molecule has 88 valence electrons. The molecule has 1 saturated heterocycles. The van der Waals surface area contributed by atoms with E-state index in [2.05, 4.69) is 37.4 Å². The predicted molar refractivity (Wildman–Crippen MR) is 69.0 cm³/mol. The Labute approximate surface area is 99.9 Å². The third-order valence-corrected chi connectivity index (χ3v) is 4.58. The van der Waals surface area contributed by atoms with Gasteiger partial charge in [-0.05, 0) is 30.9 Å². The van der Waals surface area contributed by atoms with Gasteiger partial charge in [-0.1, -0.05) is 23.8 Å². The Hall–Kier alpha value is -0.670. The molecule has 0 radical (unpaired) electrons. The number of rotatable bonds is 4. The lowest BCUT2D eigenvalue weighted by Gasteiger charge is -2.26. The van der Waals surface area contributed by atoms with Gasteiger partial charge in [0.15, 0.2) is 0 Å². The molecule has 2 rings (SSSR count). The lowest BCUT2D eigenvalue weighted by molar-refractivity contribution is 0.382. The van der Waals surface area contributed by atoms with Crippen LogP contribution in [0.25, 0.3) is 0 Å². The predicted octanol–water partition coefficient (Wildman–Crippen LogP) is 1.77. The van der Waals surface area contributed by atoms with Gasteiger partial charge in [0.05, 0.1) is 0 Å². The molecule has 1 aromatic carbocycles. The first kappa shape index (κ1) is 11.8. The van der Waals surface area contributed by atoms with E-state index in [4.69, 9.17) is 0 Å². The second-order valence-electron chi connectivity index (χ2n) is 4.71. The van der Waals surface area contributed by atoms with Crippen LogP contribution in [0, 0.1) is 19.8 Å². The smallest absolute Gasteiger partial charge is 0.0488 e. The summed E-state index contributed by atoms with van der Waals surface area (Å²) in [5, 5.41) is 3.22. The topological polar surface area (TPSA) is 29.1 Å². The molecule has 0 aliphatic carbocycles. The molecule has 0 amide bonds. The van der Waals surface area contributed by atoms with Crippen LogP contribution in [0.4, 0.5) is 0 Å². The minimum absolute atomic E-state index is 0.631. The van der Waals surface area contributed by atoms with Gasteiger partial charge >= 0.3 is 0 Å². The third-order valence-electron chi connectivity index (χ3n) is 3.11. The van der Waals surface area contributed by atoms with Gasteiger partial charge in [0, 0.05) is 35.4 Å². The van der Waals surface area contributed by atoms with Crippen LogP contribution in [0.1, 0.15) is 16.7 Å². The van der Waals surface area contributed by atoms with Gasteiger partial charge in [0.25, 0.3) is 0 Å². The molecule has 1 aliphatic rings. The molecule has 16 heavy (non-hydrogen) atoms. The van der Waals surface area contributed by atoms with Crippen LogP contribution in [-0.4, -0.2) is 23.1 Å². The third kappa shape index (κ3) is 2.92. The zero-order chi connectivity index (χ0) is 11.5. The average molecular weight is 237 g/mol. The fraction of sp³-hybridized carbons (Fsp3) is 0.538. The quantitative estimate of drug-likeness (QED) is 0.865. The van der Waals surface area contributed by atoms with Gasteiger partial charge in [-0.25, -0.2) is 0 Å². The van der Waals surface area contributed by atoms with Crippen molar-refractivity contribution in [1.82, 2.24) is 5.32 Å². The van der Waals surface area contributed by atoms with Gasteiger partial charge < -0.3 is 5.32 Å². The summed E-state index contributed by atoms with van der Waals surface area (Å²) in [7, 11) is -0.708. The van der Waals surface area contributed by atoms with Crippen LogP contribution < -0.4 is 5.32 Å². The van der Waals surface area contributed by atoms with Gasteiger partial charge in [-0.15, -0.1) is 0 Å². The van der Waals surface area contributed by atoms with Gasteiger partial charge in [-0.2, -0.15) is 0 Å². The summed E-state index contributed by atoms with van der Waals surface area (Å²) in [6.07, 6.45) is 0. The van der Waals surface area contributed by atoms with Crippen LogP contribution in [-0.2, 0) is 16.6 Å². The molecule has 2 nitrogen and oxygen atoms in total. The molecule has 1 aromatic rings. The Balaban J connectivity index is 1.96. The summed E-state index contributed by atoms with van der Waals surface area (Å²) in [6.45, 7) is 6.26. The van der Waals surface area contributed by atoms with Crippen LogP contribution in [0.15, 0.2) is 18.2 Å². The molecule has 0 spiro atoms. The Morgan fingerprint density at radius 3 is 2.75 bits per heavy atom. The lowest BCUT2D eigenvalue weighted by Crippen LogP contribution is -2.44. The van der Waals surface area contributed by atoms with E-state index in [-0.39, 0.29) is 0 Å². The first-order chi connectivity index (χ1) is 7.65. The molecule has 1 heterocycles. The average Bonchev–Trinajstić information content (AvgIpc) is 2.18. The Kier molecular flexibility index (Phi) is 3.77. The number of aryl methyl sites for hydroxylation is 2. The highest BCUT2D eigenvalue weighted by molar-refractivity contribution is 7.84. The molecule has 1 fully saturated rings. The van der Waals surface area contributed by atoms with E-state index in [9.17, 15) is 4.21 Å². The molecular weight excluding hydrogens is 218 g/mol. The standard InChI is InChI=1S/C13H19NOS/c1-10-3-4-11(2)13(5-10)9-16(15)8-12-6-14-7-12/h3-5,12,14H,6-9H2,1-2H3. The van der Waals surface area contributed by atoms with Crippen molar-refractivity contribution in [2.45, 2.75) is 19.6 Å². The van der Waals surface area contributed by atoms with Gasteiger partial charge in [-0.3, -0.25) is 4.21 Å². The summed E-state index contributed by atoms with van der Waals surface area (Å²) >= 11 is 0. The second kappa shape index (κ2) is 5.11. The van der Waals surface area contributed by atoms with Crippen molar-refractivity contribution >= 4 is 10.8 Å². The highest BCUT2D eigenvalue weighted by atomic mass is 32.2. The summed E-state index contributed by atoms with van der Waals surface area (Å²) in [4.78, 5) is 0. The highest BCUT2D eigenvalue weighted by Crippen LogP contribution is 2.15. The van der Waals surface area contributed by atoms with Crippen molar-refractivity contribution in [3.63, 3.8) is 0 Å². The van der Waals surface area contributed by atoms with E-state index in [0.717, 1.165) is 18.8 Å². The Bertz CT molecular complexity index is 399. The molecule has 0 saturated carbocycles. The van der Waals surface area contributed by atoms with Gasteiger partial charge in [0.2, 0.25) is 0 Å². The normalized spacial score (nSPS) is 18.1. The SMILES string of the molecule is Cc1ccc(C)c(CS(=O)CC2CNC2)c1. The van der Waals surface area contributed by atoms with Gasteiger partial charge in [0.1, 0.15) is 0 Å². The first-order valence-corrected chi connectivity index (χ1v) is 7.26. The molecule has 1 atom stereocenters. The van der Waals surface area contributed by atoms with Crippen LogP contribution in [0.5, 0.6) is 0 Å². The second-order valence-corrected chi connectivity index (χ2v) is 6.21. The van der Waals surface area contributed by atoms with Crippen molar-refractivity contribution in [3.8, 4) is 0 Å². The molecule has 3 heteroatoms. The van der Waals surface area contributed by atoms with Crippen molar-refractivity contribution in [2.75, 3.05) is 18.8 Å². The van der Waals surface area contributed by atoms with Crippen LogP contribution in [0.2, 0.25) is 0 Å². The maximum atomic E-state index is 12.0. The molecule has 1 aliphatic heterocycles. The minimum Gasteiger partial charge on any atom is -0.316 e. The number of benzene rings is 1. The summed E-state index contributed by atoms with van der Waals surface area (Å²) < 4.78 is 12.0. The van der Waals surface area contributed by atoms with Crippen LogP contribution in [0.3, 0.4) is 0 Å². The number of nitrogens with one attached hydrogen (secondary N) is 1.